The molecule has 0 saturated heterocycles. The summed E-state index contributed by atoms with van der Waals surface area (Å²) in [6.45, 7) is 0. The number of aromatic nitrogens is 2. The van der Waals surface area contributed by atoms with Gasteiger partial charge in [-0.05, 0) is 12.1 Å². The summed E-state index contributed by atoms with van der Waals surface area (Å²) in [6.07, 6.45) is 1.31. The second-order valence-corrected chi connectivity index (χ2v) is 3.91. The summed E-state index contributed by atoms with van der Waals surface area (Å²) in [5.41, 5.74) is 0.571. The Morgan fingerprint density at radius 3 is 3.06 bits per heavy atom. The minimum Gasteiger partial charge on any atom is -0.481 e. The zero-order valence-electron chi connectivity index (χ0n) is 8.05. The minimum atomic E-state index is -0.960. The smallest absolute Gasteiger partial charge is 0.309 e. The second-order valence-electron chi connectivity index (χ2n) is 3.05. The van der Waals surface area contributed by atoms with Crippen molar-refractivity contribution in [2.24, 2.45) is 0 Å². The fourth-order valence-corrected chi connectivity index (χ4v) is 2.01. The molecule has 0 aliphatic carbocycles. The Morgan fingerprint density at radius 2 is 2.38 bits per heavy atom. The van der Waals surface area contributed by atoms with Crippen molar-refractivity contribution in [3.63, 3.8) is 0 Å². The first-order valence-electron chi connectivity index (χ1n) is 4.44. The summed E-state index contributed by atoms with van der Waals surface area (Å²) in [6, 6.07) is 2.78. The molecule has 0 aliphatic rings. The molecule has 0 aromatic carbocycles. The Labute approximate surface area is 94.4 Å². The first kappa shape index (κ1) is 10.7. The molecule has 0 saturated carbocycles. The first-order valence-corrected chi connectivity index (χ1v) is 5.32. The largest absolute Gasteiger partial charge is 0.481 e. The summed E-state index contributed by atoms with van der Waals surface area (Å²) in [4.78, 5) is 18.3. The molecule has 0 atom stereocenters. The Hall–Kier alpha value is -1.82. The molecule has 2 aromatic heterocycles. The topological polar surface area (TPSA) is 63.1 Å². The van der Waals surface area contributed by atoms with Gasteiger partial charge < -0.3 is 5.11 Å². The lowest BCUT2D eigenvalue weighted by Crippen LogP contribution is -2.00. The molecule has 2 aromatic rings. The maximum absolute atomic E-state index is 13.3. The molecule has 0 radical (unpaired) electrons. The van der Waals surface area contributed by atoms with Gasteiger partial charge in [-0.15, -0.1) is 11.3 Å². The van der Waals surface area contributed by atoms with Crippen molar-refractivity contribution in [1.29, 1.82) is 0 Å². The molecule has 0 fully saturated rings. The van der Waals surface area contributed by atoms with Crippen LogP contribution in [0.15, 0.2) is 23.7 Å². The van der Waals surface area contributed by atoms with E-state index in [0.717, 1.165) is 0 Å². The molecule has 4 nitrogen and oxygen atoms in total. The Bertz CT molecular complexity index is 527. The van der Waals surface area contributed by atoms with Crippen LogP contribution in [0.1, 0.15) is 5.69 Å². The summed E-state index contributed by atoms with van der Waals surface area (Å²) in [7, 11) is 0. The number of halogens is 1. The van der Waals surface area contributed by atoms with E-state index in [4.69, 9.17) is 5.11 Å². The van der Waals surface area contributed by atoms with Gasteiger partial charge in [0, 0.05) is 11.6 Å². The molecule has 82 valence electrons. The van der Waals surface area contributed by atoms with Crippen LogP contribution in [0.25, 0.3) is 10.7 Å². The Morgan fingerprint density at radius 1 is 1.56 bits per heavy atom. The number of rotatable bonds is 3. The van der Waals surface area contributed by atoms with Crippen molar-refractivity contribution in [2.45, 2.75) is 6.42 Å². The second kappa shape index (κ2) is 4.36. The van der Waals surface area contributed by atoms with E-state index in [0.29, 0.717) is 10.7 Å². The first-order chi connectivity index (χ1) is 7.66. The fourth-order valence-electron chi connectivity index (χ4n) is 1.19. The molecule has 2 heterocycles. The third kappa shape index (κ3) is 2.22. The van der Waals surface area contributed by atoms with Crippen molar-refractivity contribution in [3.8, 4) is 10.7 Å². The van der Waals surface area contributed by atoms with Crippen LogP contribution < -0.4 is 0 Å². The van der Waals surface area contributed by atoms with Gasteiger partial charge in [0.2, 0.25) is 0 Å². The monoisotopic (exact) mass is 238 g/mol. The van der Waals surface area contributed by atoms with Gasteiger partial charge in [-0.2, -0.15) is 0 Å². The van der Waals surface area contributed by atoms with E-state index in [9.17, 15) is 9.18 Å². The van der Waals surface area contributed by atoms with Crippen LogP contribution in [0.3, 0.4) is 0 Å². The SMILES string of the molecule is O=C(O)Cc1csc(-c2ncccc2F)n1. The number of thiazole rings is 1. The fraction of sp³-hybridized carbons (Fsp3) is 0.100. The average molecular weight is 238 g/mol. The van der Waals surface area contributed by atoms with Crippen molar-refractivity contribution >= 4 is 17.3 Å². The number of hydrogen-bond acceptors (Lipinski definition) is 4. The normalized spacial score (nSPS) is 10.3. The highest BCUT2D eigenvalue weighted by atomic mass is 32.1. The summed E-state index contributed by atoms with van der Waals surface area (Å²) in [5, 5.41) is 10.6. The molecule has 16 heavy (non-hydrogen) atoms. The highest BCUT2D eigenvalue weighted by Gasteiger charge is 2.11. The lowest BCUT2D eigenvalue weighted by atomic mass is 10.3. The maximum Gasteiger partial charge on any atom is 0.309 e. The lowest BCUT2D eigenvalue weighted by molar-refractivity contribution is -0.136. The van der Waals surface area contributed by atoms with Gasteiger partial charge in [-0.3, -0.25) is 9.78 Å². The van der Waals surface area contributed by atoms with Crippen molar-refractivity contribution in [3.05, 3.63) is 35.2 Å². The van der Waals surface area contributed by atoms with Gasteiger partial charge in [0.15, 0.2) is 5.82 Å². The van der Waals surface area contributed by atoms with Crippen LogP contribution in [0, 0.1) is 5.82 Å². The maximum atomic E-state index is 13.3. The predicted octanol–water partition coefficient (Wildman–Crippen LogP) is 1.97. The number of nitrogens with zero attached hydrogens (tertiary/aromatic N) is 2. The number of aliphatic carboxylic acids is 1. The van der Waals surface area contributed by atoms with E-state index in [1.807, 2.05) is 0 Å². The molecule has 0 amide bonds. The number of carbonyl (C=O) groups is 1. The molecule has 1 N–H and O–H groups in total. The summed E-state index contributed by atoms with van der Waals surface area (Å²) < 4.78 is 13.3. The van der Waals surface area contributed by atoms with E-state index < -0.39 is 11.8 Å². The van der Waals surface area contributed by atoms with Gasteiger partial charge >= 0.3 is 5.97 Å². The number of carboxylic acids is 1. The minimum absolute atomic E-state index is 0.157. The van der Waals surface area contributed by atoms with Gasteiger partial charge in [0.25, 0.3) is 0 Å². The third-order valence-electron chi connectivity index (χ3n) is 1.85. The molecule has 0 spiro atoms. The molecule has 0 aliphatic heterocycles. The third-order valence-corrected chi connectivity index (χ3v) is 2.74. The van der Waals surface area contributed by atoms with Crippen LogP contribution >= 0.6 is 11.3 Å². The summed E-state index contributed by atoms with van der Waals surface area (Å²) >= 11 is 1.18. The molecule has 2 rings (SSSR count). The Balaban J connectivity index is 2.32. The van der Waals surface area contributed by atoms with Gasteiger partial charge in [-0.25, -0.2) is 9.37 Å². The number of hydrogen-bond donors (Lipinski definition) is 1. The molecule has 0 bridgehead atoms. The number of pyridine rings is 1. The van der Waals surface area contributed by atoms with E-state index in [1.165, 1.54) is 29.7 Å². The number of carboxylic acid groups (broad SMARTS) is 1. The predicted molar refractivity (Wildman–Crippen MR) is 56.6 cm³/mol. The van der Waals surface area contributed by atoms with Gasteiger partial charge in [0.05, 0.1) is 12.1 Å². The van der Waals surface area contributed by atoms with Gasteiger partial charge in [-0.1, -0.05) is 0 Å². The van der Waals surface area contributed by atoms with Crippen LogP contribution in [0.4, 0.5) is 4.39 Å². The van der Waals surface area contributed by atoms with E-state index in [1.54, 1.807) is 5.38 Å². The zero-order valence-corrected chi connectivity index (χ0v) is 8.87. The van der Waals surface area contributed by atoms with Crippen LogP contribution in [-0.2, 0) is 11.2 Å². The molecule has 0 unspecified atom stereocenters. The van der Waals surface area contributed by atoms with Crippen molar-refractivity contribution < 1.29 is 14.3 Å². The lowest BCUT2D eigenvalue weighted by Gasteiger charge is -1.95. The van der Waals surface area contributed by atoms with Crippen molar-refractivity contribution in [1.82, 2.24) is 9.97 Å². The van der Waals surface area contributed by atoms with Crippen molar-refractivity contribution in [2.75, 3.05) is 0 Å². The van der Waals surface area contributed by atoms with Crippen LogP contribution in [0.5, 0.6) is 0 Å². The highest BCUT2D eigenvalue weighted by molar-refractivity contribution is 7.13. The Kier molecular flexibility index (Phi) is 2.91. The van der Waals surface area contributed by atoms with E-state index >= 15 is 0 Å². The highest BCUT2D eigenvalue weighted by Crippen LogP contribution is 2.24. The van der Waals surface area contributed by atoms with Gasteiger partial charge in [0.1, 0.15) is 10.7 Å². The van der Waals surface area contributed by atoms with Crippen LogP contribution in [-0.4, -0.2) is 21.0 Å². The van der Waals surface area contributed by atoms with E-state index in [2.05, 4.69) is 9.97 Å². The average Bonchev–Trinajstić information content (AvgIpc) is 2.66. The van der Waals surface area contributed by atoms with E-state index in [-0.39, 0.29) is 12.1 Å². The summed E-state index contributed by atoms with van der Waals surface area (Å²) in [5.74, 6) is -1.42. The molecular weight excluding hydrogens is 231 g/mol. The molecular formula is C10H7FN2O2S. The zero-order chi connectivity index (χ0) is 11.5. The quantitative estimate of drug-likeness (QED) is 0.888. The van der Waals surface area contributed by atoms with Crippen LogP contribution in [0.2, 0.25) is 0 Å². The molecule has 6 heteroatoms. The standard InChI is InChI=1S/C10H7FN2O2S/c11-7-2-1-3-12-9(7)10-13-6(5-16-10)4-8(14)15/h1-3,5H,4H2,(H,14,15).